The highest BCUT2D eigenvalue weighted by molar-refractivity contribution is 7.13. The van der Waals surface area contributed by atoms with Crippen LogP contribution in [-0.4, -0.2) is 41.9 Å². The van der Waals surface area contributed by atoms with Crippen molar-refractivity contribution in [3.8, 4) is 16.3 Å². The first-order chi connectivity index (χ1) is 16.6. The van der Waals surface area contributed by atoms with Crippen LogP contribution in [0, 0.1) is 5.92 Å². The normalized spacial score (nSPS) is 15.8. The Labute approximate surface area is 202 Å². The smallest absolute Gasteiger partial charge is 0.254 e. The summed E-state index contributed by atoms with van der Waals surface area (Å²) in [5, 5.41) is 7.67. The minimum Gasteiger partial charge on any atom is -0.496 e. The van der Waals surface area contributed by atoms with Gasteiger partial charge in [-0.1, -0.05) is 24.3 Å². The second kappa shape index (κ2) is 9.65. The molecule has 0 radical (unpaired) electrons. The molecule has 1 saturated heterocycles. The number of nitrogens with zero attached hydrogens (tertiary/aromatic N) is 2. The molecule has 7 heteroatoms. The number of benzene rings is 3. The van der Waals surface area contributed by atoms with Crippen molar-refractivity contribution in [3.63, 3.8) is 0 Å². The van der Waals surface area contributed by atoms with E-state index in [-0.39, 0.29) is 17.7 Å². The first kappa shape index (κ1) is 22.1. The fraction of sp³-hybridized carbons (Fsp3) is 0.222. The molecule has 0 saturated carbocycles. The Kier molecular flexibility index (Phi) is 6.27. The molecule has 2 heterocycles. The van der Waals surface area contributed by atoms with Gasteiger partial charge in [0.05, 0.1) is 13.0 Å². The number of aromatic nitrogens is 1. The summed E-state index contributed by atoms with van der Waals surface area (Å²) in [7, 11) is 1.63. The van der Waals surface area contributed by atoms with Crippen LogP contribution in [0.5, 0.6) is 5.75 Å². The lowest BCUT2D eigenvalue weighted by atomic mass is 9.95. The van der Waals surface area contributed by atoms with Gasteiger partial charge in [-0.05, 0) is 54.6 Å². The molecule has 34 heavy (non-hydrogen) atoms. The lowest BCUT2D eigenvalue weighted by molar-refractivity contribution is -0.121. The second-order valence-corrected chi connectivity index (χ2v) is 9.25. The number of likely N-dealkylation sites (tertiary alicyclic amines) is 1. The van der Waals surface area contributed by atoms with E-state index in [1.807, 2.05) is 66.0 Å². The van der Waals surface area contributed by atoms with E-state index in [4.69, 9.17) is 4.74 Å². The summed E-state index contributed by atoms with van der Waals surface area (Å²) < 4.78 is 5.46. The monoisotopic (exact) mass is 471 g/mol. The number of fused-ring (bicyclic) bond motifs is 1. The summed E-state index contributed by atoms with van der Waals surface area (Å²) in [6.45, 7) is 1.05. The van der Waals surface area contributed by atoms with Gasteiger partial charge in [0.25, 0.3) is 5.91 Å². The zero-order valence-corrected chi connectivity index (χ0v) is 19.7. The Bertz CT molecular complexity index is 1320. The van der Waals surface area contributed by atoms with Gasteiger partial charge in [0.15, 0.2) is 0 Å². The van der Waals surface area contributed by atoms with Crippen molar-refractivity contribution >= 4 is 39.6 Å². The average Bonchev–Trinajstić information content (AvgIpc) is 3.43. The van der Waals surface area contributed by atoms with Crippen molar-refractivity contribution in [1.82, 2.24) is 9.88 Å². The van der Waals surface area contributed by atoms with Crippen LogP contribution in [0.4, 0.5) is 5.69 Å². The molecule has 3 aromatic carbocycles. The Morgan fingerprint density at radius 2 is 1.85 bits per heavy atom. The van der Waals surface area contributed by atoms with E-state index in [1.165, 1.54) is 0 Å². The van der Waals surface area contributed by atoms with Crippen LogP contribution in [0.15, 0.2) is 72.2 Å². The van der Waals surface area contributed by atoms with E-state index < -0.39 is 0 Å². The fourth-order valence-electron chi connectivity index (χ4n) is 4.49. The van der Waals surface area contributed by atoms with Gasteiger partial charge in [-0.3, -0.25) is 9.59 Å². The molecule has 2 amide bonds. The molecule has 0 aliphatic carbocycles. The maximum Gasteiger partial charge on any atom is 0.254 e. The number of methoxy groups -OCH3 is 1. The van der Waals surface area contributed by atoms with Gasteiger partial charge in [0, 0.05) is 46.9 Å². The predicted molar refractivity (Wildman–Crippen MR) is 135 cm³/mol. The molecule has 1 aliphatic heterocycles. The fourth-order valence-corrected chi connectivity index (χ4v) is 5.13. The van der Waals surface area contributed by atoms with Crippen LogP contribution < -0.4 is 10.1 Å². The highest BCUT2D eigenvalue weighted by Gasteiger charge is 2.30. The molecular formula is C27H25N3O3S. The van der Waals surface area contributed by atoms with Crippen LogP contribution in [-0.2, 0) is 4.79 Å². The molecule has 0 spiro atoms. The number of rotatable bonds is 5. The van der Waals surface area contributed by atoms with E-state index >= 15 is 0 Å². The van der Waals surface area contributed by atoms with Gasteiger partial charge in [-0.15, -0.1) is 11.3 Å². The van der Waals surface area contributed by atoms with Crippen molar-refractivity contribution in [1.29, 1.82) is 0 Å². The van der Waals surface area contributed by atoms with E-state index in [0.717, 1.165) is 45.6 Å². The Morgan fingerprint density at radius 3 is 2.59 bits per heavy atom. The Balaban J connectivity index is 1.29. The number of piperidine rings is 1. The van der Waals surface area contributed by atoms with Crippen molar-refractivity contribution < 1.29 is 14.3 Å². The quantitative estimate of drug-likeness (QED) is 0.419. The average molecular weight is 472 g/mol. The number of carbonyl (C=O) groups is 2. The molecule has 1 aromatic heterocycles. The van der Waals surface area contributed by atoms with Crippen molar-refractivity contribution in [2.45, 2.75) is 12.8 Å². The minimum atomic E-state index is -0.249. The van der Waals surface area contributed by atoms with Crippen molar-refractivity contribution in [2.24, 2.45) is 5.92 Å². The Hall–Kier alpha value is -3.71. The molecule has 1 fully saturated rings. The van der Waals surface area contributed by atoms with Crippen LogP contribution in [0.1, 0.15) is 23.2 Å². The van der Waals surface area contributed by atoms with Crippen LogP contribution in [0.2, 0.25) is 0 Å². The lowest BCUT2D eigenvalue weighted by Gasteiger charge is -2.32. The largest absolute Gasteiger partial charge is 0.496 e. The van der Waals surface area contributed by atoms with Gasteiger partial charge in [-0.25, -0.2) is 4.98 Å². The zero-order valence-electron chi connectivity index (χ0n) is 18.9. The molecule has 1 unspecified atom stereocenters. The molecule has 1 atom stereocenters. The maximum absolute atomic E-state index is 13.4. The number of anilines is 1. The number of ether oxygens (including phenoxy) is 1. The number of nitrogens with one attached hydrogen (secondary N) is 1. The SMILES string of the molecule is COc1ccc(C(=O)N2CCCC(C(=O)Nc3ccc(-c4nccs4)cc3)C2)c2ccccc12. The van der Waals surface area contributed by atoms with Gasteiger partial charge in [0.2, 0.25) is 5.91 Å². The van der Waals surface area contributed by atoms with Crippen LogP contribution >= 0.6 is 11.3 Å². The highest BCUT2D eigenvalue weighted by Crippen LogP contribution is 2.30. The number of carbonyl (C=O) groups excluding carboxylic acids is 2. The molecule has 4 aromatic rings. The molecule has 172 valence electrons. The van der Waals surface area contributed by atoms with E-state index in [0.29, 0.717) is 18.7 Å². The first-order valence-corrected chi connectivity index (χ1v) is 12.2. The number of hydrogen-bond acceptors (Lipinski definition) is 5. The van der Waals surface area contributed by atoms with Gasteiger partial charge < -0.3 is 15.0 Å². The second-order valence-electron chi connectivity index (χ2n) is 8.36. The number of thiazole rings is 1. The predicted octanol–water partition coefficient (Wildman–Crippen LogP) is 5.46. The summed E-state index contributed by atoms with van der Waals surface area (Å²) in [5.74, 6) is 0.382. The molecular weight excluding hydrogens is 446 g/mol. The summed E-state index contributed by atoms with van der Waals surface area (Å²) in [6, 6.07) is 19.1. The summed E-state index contributed by atoms with van der Waals surface area (Å²) in [4.78, 5) is 32.6. The summed E-state index contributed by atoms with van der Waals surface area (Å²) in [5.41, 5.74) is 2.40. The standard InChI is InChI=1S/C27H25N3O3S/c1-33-24-13-12-23(21-6-2-3-7-22(21)24)27(32)30-15-4-5-19(17-30)25(31)29-20-10-8-18(9-11-20)26-28-14-16-34-26/h2-3,6-14,16,19H,4-5,15,17H2,1H3,(H,29,31). The minimum absolute atomic E-state index is 0.0517. The third-order valence-corrected chi connectivity index (χ3v) is 7.07. The van der Waals surface area contributed by atoms with Gasteiger partial charge >= 0.3 is 0 Å². The summed E-state index contributed by atoms with van der Waals surface area (Å²) >= 11 is 1.58. The van der Waals surface area contributed by atoms with Gasteiger partial charge in [-0.2, -0.15) is 0 Å². The third kappa shape index (κ3) is 4.39. The molecule has 0 bridgehead atoms. The van der Waals surface area contributed by atoms with Gasteiger partial charge in [0.1, 0.15) is 10.8 Å². The maximum atomic E-state index is 13.4. The number of amides is 2. The molecule has 1 aliphatic rings. The van der Waals surface area contributed by atoms with Crippen LogP contribution in [0.3, 0.4) is 0 Å². The first-order valence-electron chi connectivity index (χ1n) is 11.3. The van der Waals surface area contributed by atoms with Crippen molar-refractivity contribution in [3.05, 3.63) is 77.8 Å². The summed E-state index contributed by atoms with van der Waals surface area (Å²) in [6.07, 6.45) is 3.33. The topological polar surface area (TPSA) is 71.5 Å². The third-order valence-electron chi connectivity index (χ3n) is 6.25. The van der Waals surface area contributed by atoms with Crippen molar-refractivity contribution in [2.75, 3.05) is 25.5 Å². The number of hydrogen-bond donors (Lipinski definition) is 1. The zero-order chi connectivity index (χ0) is 23.5. The molecule has 1 N–H and O–H groups in total. The van der Waals surface area contributed by atoms with E-state index in [2.05, 4.69) is 10.3 Å². The molecule has 6 nitrogen and oxygen atoms in total. The van der Waals surface area contributed by atoms with E-state index in [1.54, 1.807) is 29.5 Å². The molecule has 5 rings (SSSR count). The Morgan fingerprint density at radius 1 is 1.06 bits per heavy atom. The lowest BCUT2D eigenvalue weighted by Crippen LogP contribution is -2.43. The van der Waals surface area contributed by atoms with E-state index in [9.17, 15) is 9.59 Å². The van der Waals surface area contributed by atoms with Crippen LogP contribution in [0.25, 0.3) is 21.3 Å². The highest BCUT2D eigenvalue weighted by atomic mass is 32.1.